The van der Waals surface area contributed by atoms with E-state index >= 15 is 0 Å². The van der Waals surface area contributed by atoms with Crippen LogP contribution in [0.15, 0.2) is 59.4 Å². The third kappa shape index (κ3) is 3.40. The summed E-state index contributed by atoms with van der Waals surface area (Å²) in [6, 6.07) is 16.6. The Bertz CT molecular complexity index is 873. The molecule has 3 N–H and O–H groups in total. The fourth-order valence-corrected chi connectivity index (χ4v) is 2.44. The molecule has 0 spiro atoms. The highest BCUT2D eigenvalue weighted by molar-refractivity contribution is 5.71. The van der Waals surface area contributed by atoms with Crippen LogP contribution < -0.4 is 16.0 Å². The van der Waals surface area contributed by atoms with Gasteiger partial charge < -0.3 is 15.5 Å². The molecule has 3 aromatic rings. The van der Waals surface area contributed by atoms with Crippen LogP contribution in [0.25, 0.3) is 11.3 Å². The summed E-state index contributed by atoms with van der Waals surface area (Å²) in [7, 11) is 1.58. The van der Waals surface area contributed by atoms with E-state index in [1.54, 1.807) is 25.3 Å². The Balaban J connectivity index is 2.04. The molecule has 5 nitrogen and oxygen atoms in total. The molecule has 0 unspecified atom stereocenters. The molecule has 2 aromatic carbocycles. The largest absolute Gasteiger partial charge is 0.496 e. The summed E-state index contributed by atoms with van der Waals surface area (Å²) in [4.78, 5) is 19.3. The highest BCUT2D eigenvalue weighted by Gasteiger charge is 2.10. The van der Waals surface area contributed by atoms with Gasteiger partial charge in [0.1, 0.15) is 11.6 Å². The van der Waals surface area contributed by atoms with Crippen LogP contribution in [-0.2, 0) is 6.42 Å². The number of ether oxygens (including phenoxy) is 1. The second kappa shape index (κ2) is 6.36. The smallest absolute Gasteiger partial charge is 0.251 e. The topological polar surface area (TPSA) is 81.0 Å². The molecule has 0 radical (unpaired) electrons. The predicted molar refractivity (Wildman–Crippen MR) is 90.5 cm³/mol. The van der Waals surface area contributed by atoms with E-state index in [-0.39, 0.29) is 5.56 Å². The average molecular weight is 307 g/mol. The molecule has 3 rings (SSSR count). The van der Waals surface area contributed by atoms with Gasteiger partial charge in [-0.2, -0.15) is 0 Å². The number of methoxy groups -OCH3 is 1. The summed E-state index contributed by atoms with van der Waals surface area (Å²) in [6.07, 6.45) is 0.550. The number of nitrogens with two attached hydrogens (primary N) is 1. The van der Waals surface area contributed by atoms with Gasteiger partial charge in [-0.1, -0.05) is 30.3 Å². The molecule has 5 heteroatoms. The van der Waals surface area contributed by atoms with E-state index in [1.165, 1.54) is 6.07 Å². The van der Waals surface area contributed by atoms with Crippen LogP contribution >= 0.6 is 0 Å². The van der Waals surface area contributed by atoms with Crippen molar-refractivity contribution >= 4 is 5.69 Å². The van der Waals surface area contributed by atoms with Crippen LogP contribution in [0.5, 0.6) is 5.75 Å². The summed E-state index contributed by atoms with van der Waals surface area (Å²) in [5.74, 6) is 1.23. The number of nitrogen functional groups attached to an aromatic ring is 1. The number of nitrogens with one attached hydrogen (secondary N) is 1. The lowest BCUT2D eigenvalue weighted by Gasteiger charge is -2.10. The minimum atomic E-state index is -0.203. The molecule has 0 saturated heterocycles. The predicted octanol–water partition coefficient (Wildman–Crippen LogP) is 2.62. The molecule has 23 heavy (non-hydrogen) atoms. The molecule has 116 valence electrons. The Morgan fingerprint density at radius 3 is 2.65 bits per heavy atom. The molecule has 0 saturated carbocycles. The first-order valence-electron chi connectivity index (χ1n) is 7.24. The minimum absolute atomic E-state index is 0.203. The van der Waals surface area contributed by atoms with E-state index in [0.29, 0.717) is 34.9 Å². The first kappa shape index (κ1) is 14.8. The van der Waals surface area contributed by atoms with Crippen molar-refractivity contribution in [3.05, 3.63) is 76.3 Å². The molecule has 0 fully saturated rings. The monoisotopic (exact) mass is 307 g/mol. The number of aromatic amines is 1. The lowest BCUT2D eigenvalue weighted by atomic mass is 10.1. The second-order valence-corrected chi connectivity index (χ2v) is 5.20. The Kier molecular flexibility index (Phi) is 4.10. The highest BCUT2D eigenvalue weighted by atomic mass is 16.5. The van der Waals surface area contributed by atoms with Gasteiger partial charge in [-0.15, -0.1) is 0 Å². The van der Waals surface area contributed by atoms with Crippen LogP contribution in [0.3, 0.4) is 0 Å². The second-order valence-electron chi connectivity index (χ2n) is 5.20. The quantitative estimate of drug-likeness (QED) is 0.726. The van der Waals surface area contributed by atoms with Crippen molar-refractivity contribution in [1.82, 2.24) is 9.97 Å². The normalized spacial score (nSPS) is 10.5. The van der Waals surface area contributed by atoms with Gasteiger partial charge in [-0.05, 0) is 23.8 Å². The summed E-state index contributed by atoms with van der Waals surface area (Å²) >= 11 is 0. The number of nitrogens with zero attached hydrogens (tertiary/aromatic N) is 1. The zero-order chi connectivity index (χ0) is 16.2. The van der Waals surface area contributed by atoms with Gasteiger partial charge in [0, 0.05) is 23.7 Å². The first-order chi connectivity index (χ1) is 11.2. The summed E-state index contributed by atoms with van der Waals surface area (Å²) in [5, 5.41) is 0. The lowest BCUT2D eigenvalue weighted by Crippen LogP contribution is -2.12. The molecule has 0 atom stereocenters. The molecule has 0 aliphatic rings. The van der Waals surface area contributed by atoms with E-state index < -0.39 is 0 Å². The van der Waals surface area contributed by atoms with E-state index in [1.807, 2.05) is 30.3 Å². The minimum Gasteiger partial charge on any atom is -0.496 e. The Labute approximate surface area is 133 Å². The fraction of sp³-hybridized carbons (Fsp3) is 0.111. The van der Waals surface area contributed by atoms with Crippen molar-refractivity contribution in [2.24, 2.45) is 0 Å². The van der Waals surface area contributed by atoms with E-state index in [4.69, 9.17) is 10.5 Å². The maximum Gasteiger partial charge on any atom is 0.251 e. The van der Waals surface area contributed by atoms with Crippen molar-refractivity contribution < 1.29 is 4.74 Å². The number of H-pyrrole nitrogens is 1. The lowest BCUT2D eigenvalue weighted by molar-refractivity contribution is 0.416. The first-order valence-corrected chi connectivity index (χ1v) is 7.24. The molecule has 0 aliphatic carbocycles. The van der Waals surface area contributed by atoms with Crippen LogP contribution in [0.4, 0.5) is 5.69 Å². The maximum atomic E-state index is 12.0. The third-order valence-corrected chi connectivity index (χ3v) is 3.50. The van der Waals surface area contributed by atoms with Gasteiger partial charge in [0.15, 0.2) is 0 Å². The van der Waals surface area contributed by atoms with Crippen molar-refractivity contribution in [3.63, 3.8) is 0 Å². The molecule has 0 bridgehead atoms. The average Bonchev–Trinajstić information content (AvgIpc) is 2.55. The molecule has 1 aromatic heterocycles. The number of hydrogen-bond acceptors (Lipinski definition) is 4. The standard InChI is InChI=1S/C18H17N3O2/c1-23-16-8-7-13(19)10-14(16)15-11-18(22)21-17(20-15)9-12-5-3-2-4-6-12/h2-8,10-11H,9,19H2,1H3,(H,20,21,22). The summed E-state index contributed by atoms with van der Waals surface area (Å²) in [6.45, 7) is 0. The zero-order valence-electron chi connectivity index (χ0n) is 12.7. The number of hydrogen-bond donors (Lipinski definition) is 2. The van der Waals surface area contributed by atoms with Crippen LogP contribution in [0.2, 0.25) is 0 Å². The van der Waals surface area contributed by atoms with Gasteiger partial charge in [0.2, 0.25) is 0 Å². The molecule has 0 aliphatic heterocycles. The van der Waals surface area contributed by atoms with E-state index in [9.17, 15) is 4.79 Å². The van der Waals surface area contributed by atoms with Gasteiger partial charge in [0.25, 0.3) is 5.56 Å². The van der Waals surface area contributed by atoms with Crippen molar-refractivity contribution in [2.75, 3.05) is 12.8 Å². The van der Waals surface area contributed by atoms with Gasteiger partial charge in [-0.3, -0.25) is 4.79 Å². The third-order valence-electron chi connectivity index (χ3n) is 3.50. The Morgan fingerprint density at radius 2 is 1.91 bits per heavy atom. The number of benzene rings is 2. The van der Waals surface area contributed by atoms with Gasteiger partial charge in [-0.25, -0.2) is 4.98 Å². The van der Waals surface area contributed by atoms with Crippen molar-refractivity contribution in [3.8, 4) is 17.0 Å². The highest BCUT2D eigenvalue weighted by Crippen LogP contribution is 2.29. The van der Waals surface area contributed by atoms with Crippen molar-refractivity contribution in [2.45, 2.75) is 6.42 Å². The van der Waals surface area contributed by atoms with E-state index in [2.05, 4.69) is 9.97 Å². The van der Waals surface area contributed by atoms with Crippen LogP contribution in [0.1, 0.15) is 11.4 Å². The van der Waals surface area contributed by atoms with Gasteiger partial charge >= 0.3 is 0 Å². The summed E-state index contributed by atoms with van der Waals surface area (Å²) < 4.78 is 5.34. The summed E-state index contributed by atoms with van der Waals surface area (Å²) in [5.41, 5.74) is 8.56. The Hall–Kier alpha value is -3.08. The molecule has 1 heterocycles. The maximum absolute atomic E-state index is 12.0. The Morgan fingerprint density at radius 1 is 1.13 bits per heavy atom. The van der Waals surface area contributed by atoms with E-state index in [0.717, 1.165) is 5.56 Å². The molecular formula is C18H17N3O2. The van der Waals surface area contributed by atoms with Gasteiger partial charge in [0.05, 0.1) is 12.8 Å². The van der Waals surface area contributed by atoms with Crippen LogP contribution in [-0.4, -0.2) is 17.1 Å². The van der Waals surface area contributed by atoms with Crippen molar-refractivity contribution in [1.29, 1.82) is 0 Å². The fourth-order valence-electron chi connectivity index (χ4n) is 2.44. The molecular weight excluding hydrogens is 290 g/mol. The number of rotatable bonds is 4. The number of anilines is 1. The number of aromatic nitrogens is 2. The zero-order valence-corrected chi connectivity index (χ0v) is 12.7. The SMILES string of the molecule is COc1ccc(N)cc1-c1cc(=O)[nH]c(Cc2ccccc2)n1. The van der Waals surface area contributed by atoms with Crippen LogP contribution in [0, 0.1) is 0 Å². The molecule has 0 amide bonds.